The molecule has 0 fully saturated rings. The van der Waals surface area contributed by atoms with Gasteiger partial charge in [0.25, 0.3) is 0 Å². The fraction of sp³-hybridized carbons (Fsp3) is 0.300. The van der Waals surface area contributed by atoms with Gasteiger partial charge in [-0.2, -0.15) is 0 Å². The molecule has 0 heterocycles. The van der Waals surface area contributed by atoms with Gasteiger partial charge in [0.05, 0.1) is 5.25 Å². The molecule has 1 aromatic rings. The Morgan fingerprint density at radius 1 is 1.38 bits per heavy atom. The first-order valence-corrected chi connectivity index (χ1v) is 6.30. The van der Waals surface area contributed by atoms with Crippen molar-refractivity contribution in [1.29, 1.82) is 0 Å². The van der Waals surface area contributed by atoms with Gasteiger partial charge in [0.2, 0.25) is 5.91 Å². The quantitative estimate of drug-likeness (QED) is 0.851. The summed E-state index contributed by atoms with van der Waals surface area (Å²) in [5, 5.41) is -0.874. The van der Waals surface area contributed by atoms with Crippen molar-refractivity contribution < 1.29 is 17.6 Å². The van der Waals surface area contributed by atoms with E-state index in [2.05, 4.69) is 0 Å². The van der Waals surface area contributed by atoms with Crippen LogP contribution in [0.25, 0.3) is 0 Å². The van der Waals surface area contributed by atoms with Gasteiger partial charge in [-0.05, 0) is 24.6 Å². The second-order valence-corrected chi connectivity index (χ2v) is 5.79. The Morgan fingerprint density at radius 3 is 2.31 bits per heavy atom. The minimum absolute atomic E-state index is 0.433. The lowest BCUT2D eigenvalue weighted by Gasteiger charge is -2.11. The molecular formula is C10H12FNO3S. The highest BCUT2D eigenvalue weighted by Gasteiger charge is 2.24. The summed E-state index contributed by atoms with van der Waals surface area (Å²) < 4.78 is 35.9. The number of nitrogens with two attached hydrogens (primary N) is 1. The maximum atomic E-state index is 12.6. The van der Waals surface area contributed by atoms with Gasteiger partial charge in [0, 0.05) is 0 Å². The Balaban J connectivity index is 2.97. The van der Waals surface area contributed by atoms with Gasteiger partial charge in [0.15, 0.2) is 9.84 Å². The molecule has 0 aliphatic rings. The standard InChI is InChI=1S/C10H12FNO3S/c1-7(16(14,15)6-10(12)13)8-2-4-9(11)5-3-8/h2-5,7H,6H2,1H3,(H2,12,13). The highest BCUT2D eigenvalue weighted by Crippen LogP contribution is 2.22. The second-order valence-electron chi connectivity index (χ2n) is 3.47. The van der Waals surface area contributed by atoms with Crippen molar-refractivity contribution in [3.8, 4) is 0 Å². The van der Waals surface area contributed by atoms with Gasteiger partial charge in [-0.15, -0.1) is 0 Å². The zero-order chi connectivity index (χ0) is 12.3. The number of carbonyl (C=O) groups excluding carboxylic acids is 1. The fourth-order valence-electron chi connectivity index (χ4n) is 1.26. The summed E-state index contributed by atoms with van der Waals surface area (Å²) in [6, 6.07) is 5.09. The molecule has 1 atom stereocenters. The molecule has 0 saturated carbocycles. The maximum absolute atomic E-state index is 12.6. The van der Waals surface area contributed by atoms with E-state index in [4.69, 9.17) is 5.73 Å². The smallest absolute Gasteiger partial charge is 0.232 e. The lowest BCUT2D eigenvalue weighted by Crippen LogP contribution is -2.26. The minimum atomic E-state index is -3.62. The van der Waals surface area contributed by atoms with Crippen LogP contribution in [0.2, 0.25) is 0 Å². The molecule has 0 aliphatic carbocycles. The monoisotopic (exact) mass is 245 g/mol. The van der Waals surface area contributed by atoms with E-state index in [9.17, 15) is 17.6 Å². The number of halogens is 1. The van der Waals surface area contributed by atoms with E-state index in [-0.39, 0.29) is 0 Å². The van der Waals surface area contributed by atoms with E-state index < -0.39 is 32.6 Å². The molecule has 0 saturated heterocycles. The van der Waals surface area contributed by atoms with E-state index in [1.54, 1.807) is 0 Å². The molecule has 2 N–H and O–H groups in total. The minimum Gasteiger partial charge on any atom is -0.369 e. The molecule has 1 rings (SSSR count). The maximum Gasteiger partial charge on any atom is 0.232 e. The molecular weight excluding hydrogens is 233 g/mol. The van der Waals surface area contributed by atoms with Crippen molar-refractivity contribution in [3.05, 3.63) is 35.6 Å². The Morgan fingerprint density at radius 2 is 1.88 bits per heavy atom. The topological polar surface area (TPSA) is 77.2 Å². The Kier molecular flexibility index (Phi) is 3.64. The molecule has 4 nitrogen and oxygen atoms in total. The molecule has 0 bridgehead atoms. The van der Waals surface area contributed by atoms with Crippen LogP contribution in [0.15, 0.2) is 24.3 Å². The SMILES string of the molecule is CC(c1ccc(F)cc1)S(=O)(=O)CC(N)=O. The predicted molar refractivity (Wildman–Crippen MR) is 57.8 cm³/mol. The average Bonchev–Trinajstić information content (AvgIpc) is 2.16. The summed E-state index contributed by atoms with van der Waals surface area (Å²) >= 11 is 0. The van der Waals surface area contributed by atoms with Gasteiger partial charge >= 0.3 is 0 Å². The van der Waals surface area contributed by atoms with E-state index in [1.807, 2.05) is 0 Å². The molecule has 1 aromatic carbocycles. The van der Waals surface area contributed by atoms with Gasteiger partial charge in [-0.1, -0.05) is 12.1 Å². The molecule has 88 valence electrons. The molecule has 0 spiro atoms. The zero-order valence-corrected chi connectivity index (χ0v) is 9.50. The highest BCUT2D eigenvalue weighted by atomic mass is 32.2. The average molecular weight is 245 g/mol. The second kappa shape index (κ2) is 4.61. The van der Waals surface area contributed by atoms with E-state index in [0.29, 0.717) is 5.56 Å². The third kappa shape index (κ3) is 3.03. The highest BCUT2D eigenvalue weighted by molar-refractivity contribution is 7.92. The summed E-state index contributed by atoms with van der Waals surface area (Å²) in [7, 11) is -3.62. The van der Waals surface area contributed by atoms with Crippen LogP contribution in [0.1, 0.15) is 17.7 Å². The van der Waals surface area contributed by atoms with Crippen LogP contribution in [-0.4, -0.2) is 20.1 Å². The molecule has 0 aliphatic heterocycles. The predicted octanol–water partition coefficient (Wildman–Crippen LogP) is 0.787. The Labute approximate surface area is 93.2 Å². The molecule has 6 heteroatoms. The van der Waals surface area contributed by atoms with Crippen molar-refractivity contribution in [3.63, 3.8) is 0 Å². The number of amides is 1. The summed E-state index contributed by atoms with van der Waals surface area (Å²) in [5.41, 5.74) is 5.27. The third-order valence-corrected chi connectivity index (χ3v) is 4.26. The lowest BCUT2D eigenvalue weighted by atomic mass is 10.2. The van der Waals surface area contributed by atoms with Crippen molar-refractivity contribution in [1.82, 2.24) is 0 Å². The molecule has 0 radical (unpaired) electrons. The molecule has 0 aromatic heterocycles. The van der Waals surface area contributed by atoms with Gasteiger partial charge in [0.1, 0.15) is 11.6 Å². The zero-order valence-electron chi connectivity index (χ0n) is 8.68. The molecule has 1 amide bonds. The van der Waals surface area contributed by atoms with Crippen LogP contribution in [0.3, 0.4) is 0 Å². The number of primary amides is 1. The number of hydrogen-bond acceptors (Lipinski definition) is 3. The van der Waals surface area contributed by atoms with Crippen LogP contribution >= 0.6 is 0 Å². The van der Waals surface area contributed by atoms with E-state index in [0.717, 1.165) is 0 Å². The van der Waals surface area contributed by atoms with Crippen LogP contribution < -0.4 is 5.73 Å². The van der Waals surface area contributed by atoms with Crippen molar-refractivity contribution in [2.24, 2.45) is 5.73 Å². The van der Waals surface area contributed by atoms with Crippen molar-refractivity contribution in [2.45, 2.75) is 12.2 Å². The number of hydrogen-bond donors (Lipinski definition) is 1. The molecule has 16 heavy (non-hydrogen) atoms. The summed E-state index contributed by atoms with van der Waals surface area (Å²) in [6.45, 7) is 1.44. The molecule has 1 unspecified atom stereocenters. The van der Waals surface area contributed by atoms with Crippen LogP contribution in [0.4, 0.5) is 4.39 Å². The first kappa shape index (κ1) is 12.6. The number of rotatable bonds is 4. The normalized spacial score (nSPS) is 13.4. The van der Waals surface area contributed by atoms with Crippen LogP contribution in [-0.2, 0) is 14.6 Å². The van der Waals surface area contributed by atoms with Crippen molar-refractivity contribution >= 4 is 15.7 Å². The summed E-state index contributed by atoms with van der Waals surface area (Å²) in [5.74, 6) is -2.04. The largest absolute Gasteiger partial charge is 0.369 e. The van der Waals surface area contributed by atoms with Gasteiger partial charge in [-0.25, -0.2) is 12.8 Å². The Hall–Kier alpha value is -1.43. The fourth-order valence-corrected chi connectivity index (χ4v) is 2.48. The van der Waals surface area contributed by atoms with Crippen LogP contribution in [0.5, 0.6) is 0 Å². The van der Waals surface area contributed by atoms with E-state index >= 15 is 0 Å². The summed E-state index contributed by atoms with van der Waals surface area (Å²) in [4.78, 5) is 10.6. The summed E-state index contributed by atoms with van der Waals surface area (Å²) in [6.07, 6.45) is 0. The first-order valence-electron chi connectivity index (χ1n) is 4.58. The lowest BCUT2D eigenvalue weighted by molar-refractivity contribution is -0.115. The number of sulfone groups is 1. The Bertz CT molecular complexity index is 481. The number of benzene rings is 1. The van der Waals surface area contributed by atoms with Crippen LogP contribution in [0, 0.1) is 5.82 Å². The van der Waals surface area contributed by atoms with E-state index in [1.165, 1.54) is 31.2 Å². The first-order chi connectivity index (χ1) is 7.33. The van der Waals surface area contributed by atoms with Crippen molar-refractivity contribution in [2.75, 3.05) is 5.75 Å². The van der Waals surface area contributed by atoms with Gasteiger partial charge in [-0.3, -0.25) is 4.79 Å². The third-order valence-electron chi connectivity index (χ3n) is 2.22. The van der Waals surface area contributed by atoms with Gasteiger partial charge < -0.3 is 5.73 Å². The number of carbonyl (C=O) groups is 1.